The second-order valence-corrected chi connectivity index (χ2v) is 12.6. The molecule has 0 saturated carbocycles. The maximum absolute atomic E-state index is 12.2. The first-order valence-electron chi connectivity index (χ1n) is 17.3. The van der Waals surface area contributed by atoms with Gasteiger partial charge in [-0.05, 0) is 147 Å². The van der Waals surface area contributed by atoms with Gasteiger partial charge in [0.2, 0.25) is 0 Å². The molecule has 0 saturated heterocycles. The number of aromatic hydroxyl groups is 3. The van der Waals surface area contributed by atoms with Gasteiger partial charge in [-0.3, -0.25) is 19.2 Å². The Morgan fingerprint density at radius 2 is 0.679 bits per heavy atom. The van der Waals surface area contributed by atoms with Crippen molar-refractivity contribution in [2.75, 3.05) is 14.2 Å². The van der Waals surface area contributed by atoms with Crippen LogP contribution in [0.1, 0.15) is 71.4 Å². The van der Waals surface area contributed by atoms with Gasteiger partial charge in [0.05, 0.1) is 30.9 Å². The number of aryl methyl sites for hydroxylation is 3. The Hall–Kier alpha value is -7.20. The van der Waals surface area contributed by atoms with E-state index in [4.69, 9.17) is 14.2 Å². The highest BCUT2D eigenvalue weighted by Crippen LogP contribution is 2.25. The summed E-state index contributed by atoms with van der Waals surface area (Å²) in [7, 11) is 3.14. The number of ether oxygens (including phenoxy) is 3. The number of hydrogen-bond donors (Lipinski definition) is 3. The number of methoxy groups -OCH3 is 2. The molecule has 0 aromatic heterocycles. The molecular formula is C46H42O10. The number of hydrogen-bond acceptors (Lipinski definition) is 10. The maximum atomic E-state index is 12.2. The number of ketones is 3. The number of carbonyl (C=O) groups is 4. The quantitative estimate of drug-likeness (QED) is 0.0741. The standard InChI is InChI=1S/C16H14O4.2C15H14O3/c1-10-3-8-14(15(18)9-10)16(19)12-4-6-13(7-5-12)20-11(2)17;2*1-10-3-8-13(14(16)9-10)15(17)11-4-6-12(18-2)7-5-11/h3-9,18H,1-2H3;2*3-9,16H,1-2H3. The van der Waals surface area contributed by atoms with Gasteiger partial charge in [0.15, 0.2) is 17.3 Å². The number of carbonyl (C=O) groups excluding carboxylic acids is 4. The van der Waals surface area contributed by atoms with Gasteiger partial charge >= 0.3 is 5.97 Å². The smallest absolute Gasteiger partial charge is 0.308 e. The second-order valence-electron chi connectivity index (χ2n) is 12.6. The minimum absolute atomic E-state index is 0.0100. The van der Waals surface area contributed by atoms with Gasteiger partial charge in [0.25, 0.3) is 0 Å². The van der Waals surface area contributed by atoms with Crippen LogP contribution in [0.2, 0.25) is 0 Å². The molecule has 6 aromatic carbocycles. The average molecular weight is 755 g/mol. The van der Waals surface area contributed by atoms with Gasteiger partial charge in [-0.15, -0.1) is 0 Å². The van der Waals surface area contributed by atoms with Crippen LogP contribution >= 0.6 is 0 Å². The summed E-state index contributed by atoms with van der Waals surface area (Å²) in [6.45, 7) is 6.87. The van der Waals surface area contributed by atoms with E-state index in [1.807, 2.05) is 20.8 Å². The average Bonchev–Trinajstić information content (AvgIpc) is 3.18. The van der Waals surface area contributed by atoms with E-state index in [2.05, 4.69) is 0 Å². The molecule has 0 aliphatic carbocycles. The number of benzene rings is 6. The van der Waals surface area contributed by atoms with E-state index < -0.39 is 5.97 Å². The lowest BCUT2D eigenvalue weighted by molar-refractivity contribution is -0.131. The van der Waals surface area contributed by atoms with E-state index in [9.17, 15) is 34.5 Å². The Kier molecular flexibility index (Phi) is 14.3. The molecule has 0 radical (unpaired) electrons. The van der Waals surface area contributed by atoms with Crippen LogP contribution in [0, 0.1) is 20.8 Å². The number of esters is 1. The van der Waals surface area contributed by atoms with E-state index in [0.29, 0.717) is 45.1 Å². The lowest BCUT2D eigenvalue weighted by atomic mass is 10.0. The largest absolute Gasteiger partial charge is 0.507 e. The fraction of sp³-hybridized carbons (Fsp3) is 0.130. The van der Waals surface area contributed by atoms with Crippen molar-refractivity contribution >= 4 is 23.3 Å². The molecule has 10 heteroatoms. The van der Waals surface area contributed by atoms with Crippen molar-refractivity contribution in [1.82, 2.24) is 0 Å². The summed E-state index contributed by atoms with van der Waals surface area (Å²) >= 11 is 0. The Bertz CT molecular complexity index is 2220. The molecule has 0 amide bonds. The van der Waals surface area contributed by atoms with E-state index in [-0.39, 0.29) is 40.2 Å². The highest BCUT2D eigenvalue weighted by Gasteiger charge is 2.16. The minimum atomic E-state index is -0.416. The molecule has 286 valence electrons. The third-order valence-corrected chi connectivity index (χ3v) is 8.28. The molecule has 0 fully saturated rings. The summed E-state index contributed by atoms with van der Waals surface area (Å²) in [6, 6.07) is 34.7. The normalized spacial score (nSPS) is 10.1. The lowest BCUT2D eigenvalue weighted by Gasteiger charge is -2.06. The van der Waals surface area contributed by atoms with Crippen LogP contribution in [0.5, 0.6) is 34.5 Å². The highest BCUT2D eigenvalue weighted by molar-refractivity contribution is 6.12. The third-order valence-electron chi connectivity index (χ3n) is 8.28. The predicted octanol–water partition coefficient (Wildman–Crippen LogP) is 8.74. The van der Waals surface area contributed by atoms with Gasteiger partial charge in [-0.2, -0.15) is 0 Å². The summed E-state index contributed by atoms with van der Waals surface area (Å²) in [5, 5.41) is 29.4. The van der Waals surface area contributed by atoms with Crippen molar-refractivity contribution in [3.8, 4) is 34.5 Å². The SMILES string of the molecule is CC(=O)Oc1ccc(C(=O)c2ccc(C)cc2O)cc1.COc1ccc(C(=O)c2ccc(C)cc2O)cc1.COc1ccc(C(=O)c2ccc(C)cc2O)cc1. The van der Waals surface area contributed by atoms with Crippen molar-refractivity contribution in [3.05, 3.63) is 177 Å². The molecule has 6 aromatic rings. The van der Waals surface area contributed by atoms with Gasteiger partial charge < -0.3 is 29.5 Å². The van der Waals surface area contributed by atoms with Crippen LogP contribution in [0.15, 0.2) is 127 Å². The van der Waals surface area contributed by atoms with Crippen molar-refractivity contribution in [1.29, 1.82) is 0 Å². The molecule has 0 unspecified atom stereocenters. The fourth-order valence-electron chi connectivity index (χ4n) is 5.29. The van der Waals surface area contributed by atoms with E-state index in [0.717, 1.165) is 16.7 Å². The zero-order valence-corrected chi connectivity index (χ0v) is 31.8. The Labute approximate surface area is 325 Å². The predicted molar refractivity (Wildman–Crippen MR) is 213 cm³/mol. The third kappa shape index (κ3) is 11.2. The molecule has 0 aliphatic heterocycles. The monoisotopic (exact) mass is 754 g/mol. The molecule has 10 nitrogen and oxygen atoms in total. The first-order chi connectivity index (χ1) is 26.7. The Morgan fingerprint density at radius 3 is 0.911 bits per heavy atom. The molecule has 6 rings (SSSR count). The van der Waals surface area contributed by atoms with Crippen LogP contribution in [0.25, 0.3) is 0 Å². The molecule has 0 bridgehead atoms. The molecule has 0 aliphatic rings. The van der Waals surface area contributed by atoms with Crippen molar-refractivity contribution < 1.29 is 48.7 Å². The van der Waals surface area contributed by atoms with Crippen LogP contribution in [0.4, 0.5) is 0 Å². The first-order valence-corrected chi connectivity index (χ1v) is 17.3. The number of phenols is 3. The summed E-state index contributed by atoms with van der Waals surface area (Å²) in [5.74, 6) is 0.648. The van der Waals surface area contributed by atoms with Crippen LogP contribution in [-0.4, -0.2) is 52.9 Å². The topological polar surface area (TPSA) is 157 Å². The van der Waals surface area contributed by atoms with Crippen molar-refractivity contribution in [2.45, 2.75) is 27.7 Å². The summed E-state index contributed by atoms with van der Waals surface area (Å²) in [6.07, 6.45) is 0. The zero-order chi connectivity index (χ0) is 40.9. The van der Waals surface area contributed by atoms with Gasteiger partial charge in [0.1, 0.15) is 34.5 Å². The Morgan fingerprint density at radius 1 is 0.411 bits per heavy atom. The van der Waals surface area contributed by atoms with Gasteiger partial charge in [-0.1, -0.05) is 18.2 Å². The van der Waals surface area contributed by atoms with Gasteiger partial charge in [-0.25, -0.2) is 0 Å². The van der Waals surface area contributed by atoms with Crippen LogP contribution in [-0.2, 0) is 4.79 Å². The second kappa shape index (κ2) is 19.2. The summed E-state index contributed by atoms with van der Waals surface area (Å²) < 4.78 is 15.0. The molecule has 3 N–H and O–H groups in total. The maximum Gasteiger partial charge on any atom is 0.308 e. The molecule has 56 heavy (non-hydrogen) atoms. The number of phenolic OH excluding ortho intramolecular Hbond substituents is 3. The number of rotatable bonds is 9. The Balaban J connectivity index is 0.000000187. The van der Waals surface area contributed by atoms with Gasteiger partial charge in [0, 0.05) is 23.6 Å². The molecule has 0 spiro atoms. The van der Waals surface area contributed by atoms with Crippen LogP contribution in [0.3, 0.4) is 0 Å². The summed E-state index contributed by atoms with van der Waals surface area (Å²) in [5.41, 5.74) is 5.04. The fourth-order valence-corrected chi connectivity index (χ4v) is 5.29. The van der Waals surface area contributed by atoms with E-state index in [1.54, 1.807) is 142 Å². The molecular weight excluding hydrogens is 712 g/mol. The van der Waals surface area contributed by atoms with Crippen molar-refractivity contribution in [3.63, 3.8) is 0 Å². The van der Waals surface area contributed by atoms with E-state index >= 15 is 0 Å². The minimum Gasteiger partial charge on any atom is -0.507 e. The summed E-state index contributed by atoms with van der Waals surface area (Å²) in [4.78, 5) is 47.4. The molecule has 0 atom stereocenters. The zero-order valence-electron chi connectivity index (χ0n) is 31.8. The lowest BCUT2D eigenvalue weighted by Crippen LogP contribution is -2.04. The first kappa shape index (κ1) is 41.6. The van der Waals surface area contributed by atoms with E-state index in [1.165, 1.54) is 6.92 Å². The van der Waals surface area contributed by atoms with Crippen molar-refractivity contribution in [2.24, 2.45) is 0 Å². The van der Waals surface area contributed by atoms with Crippen LogP contribution < -0.4 is 14.2 Å². The highest BCUT2D eigenvalue weighted by atomic mass is 16.5. The molecule has 0 heterocycles.